The monoisotopic (exact) mass is 239 g/mol. The first-order valence-electron chi connectivity index (χ1n) is 5.99. The van der Waals surface area contributed by atoms with E-state index in [0.29, 0.717) is 5.58 Å². The van der Waals surface area contributed by atoms with Gasteiger partial charge >= 0.3 is 5.76 Å². The van der Waals surface area contributed by atoms with Crippen molar-refractivity contribution in [2.45, 2.75) is 13.3 Å². The van der Waals surface area contributed by atoms with Gasteiger partial charge in [0.1, 0.15) is 0 Å². The second-order valence-electron chi connectivity index (χ2n) is 4.19. The first-order valence-corrected chi connectivity index (χ1v) is 5.99. The Morgan fingerprint density at radius 2 is 1.78 bits per heavy atom. The number of hydrogen-bond acceptors (Lipinski definition) is 2. The van der Waals surface area contributed by atoms with E-state index >= 15 is 0 Å². The molecule has 0 aliphatic carbocycles. The largest absolute Gasteiger partial charge is 0.424 e. The fourth-order valence-corrected chi connectivity index (χ4v) is 2.09. The lowest BCUT2D eigenvalue weighted by molar-refractivity contribution is 0.540. The predicted molar refractivity (Wildman–Crippen MR) is 71.2 cm³/mol. The number of hydrogen-bond donors (Lipinski definition) is 0. The summed E-state index contributed by atoms with van der Waals surface area (Å²) in [5.74, 6) is -0.347. The van der Waals surface area contributed by atoms with Gasteiger partial charge in [0.2, 0.25) is 0 Å². The standard InChI is InChI=1S/C15H13NO2/c1-2-11-7-9-12(10-8-11)16-13-5-3-4-6-14(13)18-15(16)17/h3-10H,2H2,1H3. The zero-order valence-electron chi connectivity index (χ0n) is 10.1. The molecule has 0 atom stereocenters. The normalized spacial score (nSPS) is 10.9. The highest BCUT2D eigenvalue weighted by molar-refractivity contribution is 5.74. The third kappa shape index (κ3) is 1.64. The molecule has 0 radical (unpaired) electrons. The van der Waals surface area contributed by atoms with Gasteiger partial charge < -0.3 is 4.42 Å². The number of fused-ring (bicyclic) bond motifs is 1. The molecule has 0 unspecified atom stereocenters. The van der Waals surface area contributed by atoms with Crippen LogP contribution in [0.2, 0.25) is 0 Å². The van der Waals surface area contributed by atoms with Crippen LogP contribution in [0.25, 0.3) is 16.8 Å². The SMILES string of the molecule is CCc1ccc(-n2c(=O)oc3ccccc32)cc1. The highest BCUT2D eigenvalue weighted by Crippen LogP contribution is 2.17. The van der Waals surface area contributed by atoms with Gasteiger partial charge in [-0.05, 0) is 36.2 Å². The molecule has 0 fully saturated rings. The molecule has 90 valence electrons. The molecule has 0 saturated heterocycles. The molecule has 0 amide bonds. The van der Waals surface area contributed by atoms with Crippen molar-refractivity contribution in [1.29, 1.82) is 0 Å². The number of rotatable bonds is 2. The topological polar surface area (TPSA) is 35.1 Å². The van der Waals surface area contributed by atoms with Crippen LogP contribution in [0.4, 0.5) is 0 Å². The zero-order chi connectivity index (χ0) is 12.5. The number of aromatic nitrogens is 1. The summed E-state index contributed by atoms with van der Waals surface area (Å²) < 4.78 is 6.81. The van der Waals surface area contributed by atoms with Gasteiger partial charge in [0.15, 0.2) is 5.58 Å². The number of oxazole rings is 1. The van der Waals surface area contributed by atoms with Crippen molar-refractivity contribution < 1.29 is 4.42 Å². The summed E-state index contributed by atoms with van der Waals surface area (Å²) in [6.45, 7) is 2.11. The fraction of sp³-hybridized carbons (Fsp3) is 0.133. The minimum atomic E-state index is -0.347. The van der Waals surface area contributed by atoms with Crippen LogP contribution in [0.15, 0.2) is 57.7 Å². The second-order valence-corrected chi connectivity index (χ2v) is 4.19. The summed E-state index contributed by atoms with van der Waals surface area (Å²) in [5.41, 5.74) is 3.50. The van der Waals surface area contributed by atoms with Gasteiger partial charge in [0.25, 0.3) is 0 Å². The molecular weight excluding hydrogens is 226 g/mol. The Morgan fingerprint density at radius 3 is 2.50 bits per heavy atom. The lowest BCUT2D eigenvalue weighted by Crippen LogP contribution is -2.11. The molecule has 0 saturated carbocycles. The Bertz CT molecular complexity index is 735. The van der Waals surface area contributed by atoms with Crippen LogP contribution in [0, 0.1) is 0 Å². The van der Waals surface area contributed by atoms with Crippen molar-refractivity contribution >= 4 is 11.1 Å². The van der Waals surface area contributed by atoms with Gasteiger partial charge in [-0.25, -0.2) is 9.36 Å². The molecule has 1 aromatic heterocycles. The molecule has 0 bridgehead atoms. The van der Waals surface area contributed by atoms with E-state index in [2.05, 4.69) is 6.92 Å². The molecule has 0 N–H and O–H groups in total. The predicted octanol–water partition coefficient (Wildman–Crippen LogP) is 3.15. The van der Waals surface area contributed by atoms with Crippen molar-refractivity contribution in [1.82, 2.24) is 4.57 Å². The average Bonchev–Trinajstić information content (AvgIpc) is 2.75. The molecule has 3 heteroatoms. The molecule has 18 heavy (non-hydrogen) atoms. The molecule has 3 aromatic rings. The highest BCUT2D eigenvalue weighted by atomic mass is 16.4. The maximum atomic E-state index is 11.9. The number of aryl methyl sites for hydroxylation is 1. The molecule has 2 aromatic carbocycles. The number of nitrogens with zero attached hydrogens (tertiary/aromatic N) is 1. The molecule has 1 heterocycles. The van der Waals surface area contributed by atoms with Crippen molar-refractivity contribution in [3.8, 4) is 5.69 Å². The summed E-state index contributed by atoms with van der Waals surface area (Å²) in [4.78, 5) is 11.9. The first-order chi connectivity index (χ1) is 8.79. The molecule has 0 spiro atoms. The summed E-state index contributed by atoms with van der Waals surface area (Å²) >= 11 is 0. The molecule has 0 aliphatic heterocycles. The van der Waals surface area contributed by atoms with Gasteiger partial charge in [-0.1, -0.05) is 31.2 Å². The minimum Gasteiger partial charge on any atom is -0.407 e. The Balaban J connectivity index is 2.24. The summed E-state index contributed by atoms with van der Waals surface area (Å²) in [7, 11) is 0. The molecule has 0 aliphatic rings. The Labute approximate surface area is 104 Å². The van der Waals surface area contributed by atoms with Crippen molar-refractivity contribution in [3.05, 3.63) is 64.6 Å². The quantitative estimate of drug-likeness (QED) is 0.688. The molecule has 3 rings (SSSR count). The van der Waals surface area contributed by atoms with E-state index in [1.165, 1.54) is 5.56 Å². The van der Waals surface area contributed by atoms with Crippen LogP contribution >= 0.6 is 0 Å². The summed E-state index contributed by atoms with van der Waals surface area (Å²) in [5, 5.41) is 0. The van der Waals surface area contributed by atoms with E-state index in [4.69, 9.17) is 4.42 Å². The second kappa shape index (κ2) is 4.18. The van der Waals surface area contributed by atoms with E-state index in [-0.39, 0.29) is 5.76 Å². The van der Waals surface area contributed by atoms with Crippen LogP contribution in [0.1, 0.15) is 12.5 Å². The average molecular weight is 239 g/mol. The lowest BCUT2D eigenvalue weighted by atomic mass is 10.1. The van der Waals surface area contributed by atoms with E-state index < -0.39 is 0 Å². The lowest BCUT2D eigenvalue weighted by Gasteiger charge is -2.03. The Hall–Kier alpha value is -2.29. The maximum absolute atomic E-state index is 11.9. The maximum Gasteiger partial charge on any atom is 0.424 e. The highest BCUT2D eigenvalue weighted by Gasteiger charge is 2.09. The zero-order valence-corrected chi connectivity index (χ0v) is 10.1. The van der Waals surface area contributed by atoms with Crippen molar-refractivity contribution in [3.63, 3.8) is 0 Å². The summed E-state index contributed by atoms with van der Waals surface area (Å²) in [6, 6.07) is 15.4. The van der Waals surface area contributed by atoms with E-state index in [0.717, 1.165) is 17.6 Å². The van der Waals surface area contributed by atoms with Crippen LogP contribution in [0.5, 0.6) is 0 Å². The van der Waals surface area contributed by atoms with Crippen LogP contribution in [0.3, 0.4) is 0 Å². The number of benzene rings is 2. The van der Waals surface area contributed by atoms with E-state index in [9.17, 15) is 4.79 Å². The van der Waals surface area contributed by atoms with Crippen molar-refractivity contribution in [2.24, 2.45) is 0 Å². The fourth-order valence-electron chi connectivity index (χ4n) is 2.09. The summed E-state index contributed by atoms with van der Waals surface area (Å²) in [6.07, 6.45) is 0.987. The first kappa shape index (κ1) is 10.8. The third-order valence-corrected chi connectivity index (χ3v) is 3.09. The van der Waals surface area contributed by atoms with Crippen LogP contribution in [-0.2, 0) is 6.42 Å². The van der Waals surface area contributed by atoms with E-state index in [1.54, 1.807) is 10.6 Å². The molecule has 3 nitrogen and oxygen atoms in total. The third-order valence-electron chi connectivity index (χ3n) is 3.09. The minimum absolute atomic E-state index is 0.347. The van der Waals surface area contributed by atoms with Crippen LogP contribution in [-0.4, -0.2) is 4.57 Å². The van der Waals surface area contributed by atoms with Gasteiger partial charge in [-0.3, -0.25) is 0 Å². The van der Waals surface area contributed by atoms with Gasteiger partial charge in [0.05, 0.1) is 11.2 Å². The van der Waals surface area contributed by atoms with Crippen molar-refractivity contribution in [2.75, 3.05) is 0 Å². The Morgan fingerprint density at radius 1 is 1.06 bits per heavy atom. The smallest absolute Gasteiger partial charge is 0.407 e. The van der Waals surface area contributed by atoms with Gasteiger partial charge in [0, 0.05) is 0 Å². The Kier molecular flexibility index (Phi) is 2.52. The molecular formula is C15H13NO2. The van der Waals surface area contributed by atoms with Gasteiger partial charge in [-0.15, -0.1) is 0 Å². The van der Waals surface area contributed by atoms with Gasteiger partial charge in [-0.2, -0.15) is 0 Å². The number of para-hydroxylation sites is 2. The van der Waals surface area contributed by atoms with Crippen LogP contribution < -0.4 is 5.76 Å². The van der Waals surface area contributed by atoms with E-state index in [1.807, 2.05) is 42.5 Å².